The zero-order valence-electron chi connectivity index (χ0n) is 7.01. The summed E-state index contributed by atoms with van der Waals surface area (Å²) in [5.41, 5.74) is 8.00. The lowest BCUT2D eigenvalue weighted by Crippen LogP contribution is -2.39. The van der Waals surface area contributed by atoms with E-state index in [1.54, 1.807) is 13.3 Å². The number of rotatable bonds is 3. The van der Waals surface area contributed by atoms with E-state index in [2.05, 4.69) is 21.4 Å². The van der Waals surface area contributed by atoms with Crippen LogP contribution in [0.1, 0.15) is 13.8 Å². The SMILES string of the molecule is CNNC(=S)N/N=C/C(C)C. The van der Waals surface area contributed by atoms with Gasteiger partial charge in [0.25, 0.3) is 0 Å². The fourth-order valence-corrected chi connectivity index (χ4v) is 0.541. The Bertz CT molecular complexity index is 144. The van der Waals surface area contributed by atoms with Crippen molar-refractivity contribution in [3.05, 3.63) is 0 Å². The van der Waals surface area contributed by atoms with Crippen molar-refractivity contribution >= 4 is 23.5 Å². The number of hydrogen-bond donors (Lipinski definition) is 3. The van der Waals surface area contributed by atoms with Gasteiger partial charge >= 0.3 is 0 Å². The molecule has 0 fully saturated rings. The van der Waals surface area contributed by atoms with Crippen LogP contribution in [0.4, 0.5) is 0 Å². The van der Waals surface area contributed by atoms with Crippen molar-refractivity contribution in [3.8, 4) is 0 Å². The molecule has 0 aliphatic carbocycles. The van der Waals surface area contributed by atoms with Gasteiger partial charge in [0.1, 0.15) is 0 Å². The minimum absolute atomic E-state index is 0.430. The zero-order chi connectivity index (χ0) is 8.69. The third-order valence-corrected chi connectivity index (χ3v) is 0.971. The Kier molecular flexibility index (Phi) is 5.68. The summed E-state index contributed by atoms with van der Waals surface area (Å²) in [7, 11) is 1.74. The smallest absolute Gasteiger partial charge is 0.201 e. The van der Waals surface area contributed by atoms with E-state index in [1.807, 2.05) is 13.8 Å². The molecule has 0 heterocycles. The number of nitrogens with one attached hydrogen (secondary N) is 3. The molecule has 0 saturated heterocycles. The van der Waals surface area contributed by atoms with Crippen molar-refractivity contribution in [1.29, 1.82) is 0 Å². The molecule has 0 unspecified atom stereocenters. The first-order valence-electron chi connectivity index (χ1n) is 3.42. The highest BCUT2D eigenvalue weighted by atomic mass is 32.1. The highest BCUT2D eigenvalue weighted by molar-refractivity contribution is 7.80. The second-order valence-corrected chi connectivity index (χ2v) is 2.75. The molecule has 0 aliphatic rings. The molecule has 0 aliphatic heterocycles. The quantitative estimate of drug-likeness (QED) is 0.325. The molecule has 3 N–H and O–H groups in total. The van der Waals surface area contributed by atoms with Crippen LogP contribution in [0.25, 0.3) is 0 Å². The Morgan fingerprint density at radius 1 is 1.55 bits per heavy atom. The van der Waals surface area contributed by atoms with Crippen LogP contribution in [0, 0.1) is 5.92 Å². The second-order valence-electron chi connectivity index (χ2n) is 2.34. The maximum Gasteiger partial charge on any atom is 0.201 e. The van der Waals surface area contributed by atoms with Crippen LogP contribution in [-0.2, 0) is 0 Å². The predicted molar refractivity (Wildman–Crippen MR) is 51.3 cm³/mol. The van der Waals surface area contributed by atoms with Crippen molar-refractivity contribution in [1.82, 2.24) is 16.3 Å². The molecule has 0 radical (unpaired) electrons. The first kappa shape index (κ1) is 10.3. The van der Waals surface area contributed by atoms with Crippen LogP contribution in [-0.4, -0.2) is 18.4 Å². The van der Waals surface area contributed by atoms with Crippen LogP contribution in [0.3, 0.4) is 0 Å². The molecule has 0 atom stereocenters. The Morgan fingerprint density at radius 2 is 2.18 bits per heavy atom. The van der Waals surface area contributed by atoms with E-state index in [4.69, 9.17) is 12.2 Å². The van der Waals surface area contributed by atoms with Crippen molar-refractivity contribution in [2.24, 2.45) is 11.0 Å². The van der Waals surface area contributed by atoms with Gasteiger partial charge in [0, 0.05) is 13.3 Å². The van der Waals surface area contributed by atoms with Gasteiger partial charge in [-0.15, -0.1) is 0 Å². The van der Waals surface area contributed by atoms with Gasteiger partial charge in [-0.05, 0) is 18.1 Å². The van der Waals surface area contributed by atoms with Gasteiger partial charge in [-0.1, -0.05) is 13.8 Å². The van der Waals surface area contributed by atoms with Gasteiger partial charge in [-0.2, -0.15) is 5.10 Å². The average Bonchev–Trinajstić information content (AvgIpc) is 1.87. The average molecular weight is 174 g/mol. The molecule has 0 spiro atoms. The third kappa shape index (κ3) is 7.21. The van der Waals surface area contributed by atoms with Crippen LogP contribution < -0.4 is 16.3 Å². The summed E-state index contributed by atoms with van der Waals surface area (Å²) in [4.78, 5) is 0. The van der Waals surface area contributed by atoms with Crippen LogP contribution in [0.2, 0.25) is 0 Å². The van der Waals surface area contributed by atoms with Crippen molar-refractivity contribution < 1.29 is 0 Å². The fraction of sp³-hybridized carbons (Fsp3) is 0.667. The molecule has 64 valence electrons. The van der Waals surface area contributed by atoms with Crippen LogP contribution >= 0.6 is 12.2 Å². The van der Waals surface area contributed by atoms with Crippen molar-refractivity contribution in [2.75, 3.05) is 7.05 Å². The van der Waals surface area contributed by atoms with Crippen molar-refractivity contribution in [3.63, 3.8) is 0 Å². The Morgan fingerprint density at radius 3 is 2.64 bits per heavy atom. The van der Waals surface area contributed by atoms with Gasteiger partial charge in [0.05, 0.1) is 0 Å². The third-order valence-electron chi connectivity index (χ3n) is 0.777. The molecular weight excluding hydrogens is 160 g/mol. The molecule has 4 nitrogen and oxygen atoms in total. The predicted octanol–water partition coefficient (Wildman–Crippen LogP) is 0.227. The largest absolute Gasteiger partial charge is 0.297 e. The summed E-state index contributed by atoms with van der Waals surface area (Å²) in [5.74, 6) is 0.430. The van der Waals surface area contributed by atoms with E-state index in [-0.39, 0.29) is 0 Å². The van der Waals surface area contributed by atoms with E-state index in [0.717, 1.165) is 0 Å². The minimum atomic E-state index is 0.430. The topological polar surface area (TPSA) is 48.4 Å². The lowest BCUT2D eigenvalue weighted by Gasteiger charge is -2.03. The molecule has 0 aromatic rings. The summed E-state index contributed by atoms with van der Waals surface area (Å²) < 4.78 is 0. The lowest BCUT2D eigenvalue weighted by molar-refractivity contribution is 0.747. The maximum absolute atomic E-state index is 4.81. The Labute approximate surface area is 72.4 Å². The summed E-state index contributed by atoms with van der Waals surface area (Å²) in [6.07, 6.45) is 1.78. The van der Waals surface area contributed by atoms with Gasteiger partial charge < -0.3 is 0 Å². The molecule has 0 aromatic carbocycles. The molecule has 5 heteroatoms. The van der Waals surface area contributed by atoms with Crippen LogP contribution in [0.5, 0.6) is 0 Å². The number of hydrazone groups is 1. The number of thiocarbonyl (C=S) groups is 1. The maximum atomic E-state index is 4.81. The second kappa shape index (κ2) is 6.06. The highest BCUT2D eigenvalue weighted by Gasteiger charge is 1.87. The van der Waals surface area contributed by atoms with Gasteiger partial charge in [-0.3, -0.25) is 10.9 Å². The summed E-state index contributed by atoms with van der Waals surface area (Å²) in [6.45, 7) is 4.08. The Balaban J connectivity index is 3.45. The summed E-state index contributed by atoms with van der Waals surface area (Å²) >= 11 is 4.81. The normalized spacial score (nSPS) is 10.5. The van der Waals surface area contributed by atoms with Gasteiger partial charge in [0.2, 0.25) is 5.11 Å². The molecule has 0 bridgehead atoms. The van der Waals surface area contributed by atoms with E-state index < -0.39 is 0 Å². The Hall–Kier alpha value is -0.680. The summed E-state index contributed by atoms with van der Waals surface area (Å²) in [6, 6.07) is 0. The molecule has 0 rings (SSSR count). The number of hydrazine groups is 1. The highest BCUT2D eigenvalue weighted by Crippen LogP contribution is 1.82. The van der Waals surface area contributed by atoms with Gasteiger partial charge in [0.15, 0.2) is 0 Å². The van der Waals surface area contributed by atoms with E-state index in [0.29, 0.717) is 11.0 Å². The fourth-order valence-electron chi connectivity index (χ4n) is 0.386. The molecule has 11 heavy (non-hydrogen) atoms. The first-order chi connectivity index (χ1) is 5.16. The van der Waals surface area contributed by atoms with E-state index in [1.165, 1.54) is 0 Å². The molecule has 0 aromatic heterocycles. The van der Waals surface area contributed by atoms with E-state index in [9.17, 15) is 0 Å². The minimum Gasteiger partial charge on any atom is -0.297 e. The standard InChI is InChI=1S/C6H14N4S/c1-5(2)4-8-10-6(11)9-7-3/h4-5,7H,1-3H3,(H2,9,10,11)/b8-4+. The molecular formula is C6H14N4S. The van der Waals surface area contributed by atoms with Gasteiger partial charge in [-0.25, -0.2) is 5.43 Å². The number of hydrogen-bond acceptors (Lipinski definition) is 3. The van der Waals surface area contributed by atoms with Crippen molar-refractivity contribution in [2.45, 2.75) is 13.8 Å². The monoisotopic (exact) mass is 174 g/mol. The van der Waals surface area contributed by atoms with Crippen LogP contribution in [0.15, 0.2) is 5.10 Å². The lowest BCUT2D eigenvalue weighted by atomic mass is 10.3. The van der Waals surface area contributed by atoms with E-state index >= 15 is 0 Å². The number of nitrogens with zero attached hydrogens (tertiary/aromatic N) is 1. The molecule has 0 saturated carbocycles. The zero-order valence-corrected chi connectivity index (χ0v) is 7.83. The first-order valence-corrected chi connectivity index (χ1v) is 3.83. The molecule has 0 amide bonds. The summed E-state index contributed by atoms with van der Waals surface area (Å²) in [5, 5.41) is 4.33.